The van der Waals surface area contributed by atoms with E-state index in [1.165, 1.54) is 103 Å². The largest absolute Gasteiger partial charge is 0.462 e. The molecular weight excluding hydrogens is 961 g/mol. The molecule has 0 aromatic rings. The Kier molecular flexibility index (Phi) is 60.9. The standard InChI is InChI=1S/C72H116O6/c1-4-7-10-13-16-19-22-25-28-30-32-33-34-35-36-37-38-39-41-42-44-47-50-53-56-59-62-65-71(74)77-68-69(67-76-70(73)64-61-58-55-52-49-46-27-24-21-18-15-12-9-6-3)78-72(75)66-63-60-57-54-51-48-45-43-40-31-29-26-23-20-17-14-11-8-5-2/h7-8,10-11,16-17,19-20,24-29,32-33,35-36,40,43,48,51,57,60,69H,4-6,9,12-15,18,21-23,30-31,34,37-39,41-42,44-47,49-50,52-56,58-59,61-68H2,1-3H3/b10-7-,11-8-,19-16-,20-17-,27-24-,28-25-,29-26-,33-32-,36-35-,43-40-,51-48-,60-57-. The Balaban J connectivity index is 4.43. The summed E-state index contributed by atoms with van der Waals surface area (Å²) in [5.74, 6) is -1.01. The van der Waals surface area contributed by atoms with Gasteiger partial charge in [-0.25, -0.2) is 0 Å². The second-order valence-corrected chi connectivity index (χ2v) is 20.5. The molecule has 1 atom stereocenters. The second kappa shape index (κ2) is 64.8. The molecule has 0 spiro atoms. The number of unbranched alkanes of at least 4 members (excludes halogenated alkanes) is 21. The van der Waals surface area contributed by atoms with Crippen LogP contribution in [-0.2, 0) is 28.6 Å². The van der Waals surface area contributed by atoms with E-state index in [2.05, 4.69) is 161 Å². The van der Waals surface area contributed by atoms with E-state index in [0.29, 0.717) is 19.3 Å². The van der Waals surface area contributed by atoms with E-state index in [0.717, 1.165) is 122 Å². The average Bonchev–Trinajstić information content (AvgIpc) is 3.44. The topological polar surface area (TPSA) is 78.9 Å². The molecule has 6 nitrogen and oxygen atoms in total. The van der Waals surface area contributed by atoms with E-state index in [4.69, 9.17) is 14.2 Å². The minimum absolute atomic E-state index is 0.117. The molecule has 0 rings (SSSR count). The molecule has 0 fully saturated rings. The number of carbonyl (C=O) groups excluding carboxylic acids is 3. The summed E-state index contributed by atoms with van der Waals surface area (Å²) in [6, 6.07) is 0. The molecule has 78 heavy (non-hydrogen) atoms. The maximum Gasteiger partial charge on any atom is 0.306 e. The Bertz CT molecular complexity index is 1710. The predicted octanol–water partition coefficient (Wildman–Crippen LogP) is 21.9. The van der Waals surface area contributed by atoms with Crippen molar-refractivity contribution >= 4 is 17.9 Å². The highest BCUT2D eigenvalue weighted by Crippen LogP contribution is 2.15. The van der Waals surface area contributed by atoms with Crippen molar-refractivity contribution in [3.8, 4) is 0 Å². The normalized spacial score (nSPS) is 13.1. The summed E-state index contributed by atoms with van der Waals surface area (Å²) in [5.41, 5.74) is 0. The number of esters is 3. The molecule has 0 saturated carbocycles. The summed E-state index contributed by atoms with van der Waals surface area (Å²) in [6.07, 6.45) is 92.9. The van der Waals surface area contributed by atoms with Crippen LogP contribution in [0.5, 0.6) is 0 Å². The minimum Gasteiger partial charge on any atom is -0.462 e. The van der Waals surface area contributed by atoms with Crippen molar-refractivity contribution in [1.82, 2.24) is 0 Å². The molecule has 0 aliphatic rings. The number of hydrogen-bond donors (Lipinski definition) is 0. The van der Waals surface area contributed by atoms with Crippen LogP contribution >= 0.6 is 0 Å². The van der Waals surface area contributed by atoms with Crippen LogP contribution in [0.3, 0.4) is 0 Å². The summed E-state index contributed by atoms with van der Waals surface area (Å²) in [7, 11) is 0. The van der Waals surface area contributed by atoms with Crippen molar-refractivity contribution in [1.29, 1.82) is 0 Å². The Morgan fingerprint density at radius 1 is 0.269 bits per heavy atom. The molecular formula is C72H116O6. The van der Waals surface area contributed by atoms with E-state index in [9.17, 15) is 14.4 Å². The van der Waals surface area contributed by atoms with Gasteiger partial charge < -0.3 is 14.2 Å². The highest BCUT2D eigenvalue weighted by molar-refractivity contribution is 5.71. The van der Waals surface area contributed by atoms with Gasteiger partial charge in [0.05, 0.1) is 0 Å². The quantitative estimate of drug-likeness (QED) is 0.0261. The van der Waals surface area contributed by atoms with Gasteiger partial charge in [-0.2, -0.15) is 0 Å². The molecule has 6 heteroatoms. The number of hydrogen-bond acceptors (Lipinski definition) is 6. The van der Waals surface area contributed by atoms with Crippen LogP contribution < -0.4 is 0 Å². The Morgan fingerprint density at radius 3 is 0.846 bits per heavy atom. The van der Waals surface area contributed by atoms with Crippen molar-refractivity contribution in [3.63, 3.8) is 0 Å². The lowest BCUT2D eigenvalue weighted by Gasteiger charge is -2.18. The van der Waals surface area contributed by atoms with Crippen molar-refractivity contribution in [2.24, 2.45) is 0 Å². The van der Waals surface area contributed by atoms with Crippen LogP contribution in [0.4, 0.5) is 0 Å². The summed E-state index contributed by atoms with van der Waals surface area (Å²) in [5, 5.41) is 0. The summed E-state index contributed by atoms with van der Waals surface area (Å²) in [4.78, 5) is 38.3. The molecule has 0 heterocycles. The van der Waals surface area contributed by atoms with Gasteiger partial charge in [-0.15, -0.1) is 0 Å². The van der Waals surface area contributed by atoms with Gasteiger partial charge in [0, 0.05) is 19.3 Å². The second-order valence-electron chi connectivity index (χ2n) is 20.5. The zero-order valence-corrected chi connectivity index (χ0v) is 50.4. The van der Waals surface area contributed by atoms with Gasteiger partial charge in [-0.3, -0.25) is 14.4 Å². The molecule has 0 aliphatic carbocycles. The fraction of sp³-hybridized carbons (Fsp3) is 0.625. The minimum atomic E-state index is -0.830. The van der Waals surface area contributed by atoms with Crippen LogP contribution in [0.15, 0.2) is 146 Å². The SMILES string of the molecule is CC/C=C\C/C=C\C/C=C\C/C=C\C/C=C\C/C=C\CCC(=O)OC(COC(=O)CCCCCCC/C=C\CCCCCCC)COC(=O)CCCCCCCCCCCCC/C=C\C/C=C\C/C=C\C/C=C\C/C=C\CC. The Hall–Kier alpha value is -4.71. The molecule has 0 bridgehead atoms. The first-order valence-electron chi connectivity index (χ1n) is 31.8. The van der Waals surface area contributed by atoms with Gasteiger partial charge in [0.2, 0.25) is 0 Å². The van der Waals surface area contributed by atoms with Gasteiger partial charge in [0.15, 0.2) is 6.10 Å². The van der Waals surface area contributed by atoms with Crippen molar-refractivity contribution < 1.29 is 28.6 Å². The number of allylic oxidation sites excluding steroid dienone is 24. The first-order chi connectivity index (χ1) is 38.5. The molecule has 0 aromatic heterocycles. The molecule has 0 saturated heterocycles. The summed E-state index contributed by atoms with van der Waals surface area (Å²) >= 11 is 0. The third-order valence-electron chi connectivity index (χ3n) is 13.1. The number of rotatable bonds is 56. The maximum absolute atomic E-state index is 12.9. The first kappa shape index (κ1) is 73.3. The van der Waals surface area contributed by atoms with E-state index >= 15 is 0 Å². The smallest absolute Gasteiger partial charge is 0.306 e. The first-order valence-corrected chi connectivity index (χ1v) is 31.8. The molecule has 0 amide bonds. The molecule has 0 aromatic carbocycles. The van der Waals surface area contributed by atoms with Crippen molar-refractivity contribution in [2.75, 3.05) is 13.2 Å². The van der Waals surface area contributed by atoms with Crippen LogP contribution in [-0.4, -0.2) is 37.2 Å². The van der Waals surface area contributed by atoms with Gasteiger partial charge >= 0.3 is 17.9 Å². The highest BCUT2D eigenvalue weighted by Gasteiger charge is 2.19. The van der Waals surface area contributed by atoms with Crippen LogP contribution in [0.2, 0.25) is 0 Å². The molecule has 0 radical (unpaired) electrons. The molecule has 0 N–H and O–H groups in total. The summed E-state index contributed by atoms with van der Waals surface area (Å²) in [6.45, 7) is 6.33. The zero-order valence-electron chi connectivity index (χ0n) is 50.4. The lowest BCUT2D eigenvalue weighted by molar-refractivity contribution is -0.166. The Labute approximate surface area is 480 Å². The molecule has 440 valence electrons. The van der Waals surface area contributed by atoms with E-state index in [-0.39, 0.29) is 31.6 Å². The van der Waals surface area contributed by atoms with Gasteiger partial charge in [0.1, 0.15) is 13.2 Å². The monoisotopic (exact) mass is 1080 g/mol. The predicted molar refractivity (Wildman–Crippen MR) is 339 cm³/mol. The van der Waals surface area contributed by atoms with Gasteiger partial charge in [0.25, 0.3) is 0 Å². The third kappa shape index (κ3) is 62.1. The van der Waals surface area contributed by atoms with E-state index in [1.807, 2.05) is 6.08 Å². The lowest BCUT2D eigenvalue weighted by atomic mass is 10.0. The molecule has 1 unspecified atom stereocenters. The summed E-state index contributed by atoms with van der Waals surface area (Å²) < 4.78 is 16.8. The van der Waals surface area contributed by atoms with Gasteiger partial charge in [-0.05, 0) is 128 Å². The van der Waals surface area contributed by atoms with Crippen LogP contribution in [0, 0.1) is 0 Å². The van der Waals surface area contributed by atoms with E-state index in [1.54, 1.807) is 0 Å². The average molecular weight is 1080 g/mol. The Morgan fingerprint density at radius 2 is 0.526 bits per heavy atom. The fourth-order valence-electron chi connectivity index (χ4n) is 8.37. The number of ether oxygens (including phenoxy) is 3. The molecule has 0 aliphatic heterocycles. The number of carbonyl (C=O) groups is 3. The zero-order chi connectivity index (χ0) is 56.4. The third-order valence-corrected chi connectivity index (χ3v) is 13.1. The van der Waals surface area contributed by atoms with Crippen molar-refractivity contribution in [2.45, 2.75) is 277 Å². The highest BCUT2D eigenvalue weighted by atomic mass is 16.6. The van der Waals surface area contributed by atoms with Gasteiger partial charge in [-0.1, -0.05) is 269 Å². The van der Waals surface area contributed by atoms with Crippen LogP contribution in [0.1, 0.15) is 271 Å². The van der Waals surface area contributed by atoms with Crippen LogP contribution in [0.25, 0.3) is 0 Å². The maximum atomic E-state index is 12.9. The van der Waals surface area contributed by atoms with E-state index < -0.39 is 12.1 Å². The lowest BCUT2D eigenvalue weighted by Crippen LogP contribution is -2.30. The fourth-order valence-corrected chi connectivity index (χ4v) is 8.37. The van der Waals surface area contributed by atoms with Crippen molar-refractivity contribution in [3.05, 3.63) is 146 Å².